The maximum Gasteiger partial charge on any atom is 0.315 e. The number of aryl methyl sites for hydroxylation is 2. The van der Waals surface area contributed by atoms with Gasteiger partial charge < -0.3 is 15.4 Å². The Kier molecular flexibility index (Phi) is 5.85. The minimum Gasteiger partial charge on any atom is -0.496 e. The first-order valence-corrected chi connectivity index (χ1v) is 8.19. The highest BCUT2D eigenvalue weighted by Gasteiger charge is 2.16. The van der Waals surface area contributed by atoms with Gasteiger partial charge in [-0.2, -0.15) is 0 Å². The van der Waals surface area contributed by atoms with Crippen molar-refractivity contribution in [3.8, 4) is 5.75 Å². The van der Waals surface area contributed by atoms with Gasteiger partial charge in [-0.25, -0.2) is 4.79 Å². The number of carbonyl (C=O) groups is 1. The number of amides is 2. The second-order valence-corrected chi connectivity index (χ2v) is 6.16. The summed E-state index contributed by atoms with van der Waals surface area (Å²) in [6, 6.07) is 13.6. The fourth-order valence-electron chi connectivity index (χ4n) is 2.86. The Bertz CT molecular complexity index is 713. The van der Waals surface area contributed by atoms with E-state index in [1.54, 1.807) is 7.11 Å². The molecule has 0 unspecified atom stereocenters. The standard InChI is InChI=1S/C20H26N2O2/c1-13-10-11-19(24-5)18(12-13)16(4)22-20(23)21-15(3)17-9-7-6-8-14(17)2/h6-12,15-16H,1-5H3,(H2,21,22,23)/t15-,16+/m0/s1. The van der Waals surface area contributed by atoms with E-state index in [4.69, 9.17) is 4.74 Å². The van der Waals surface area contributed by atoms with Gasteiger partial charge in [0.05, 0.1) is 19.2 Å². The predicted octanol–water partition coefficient (Wildman–Crippen LogP) is 4.43. The van der Waals surface area contributed by atoms with Gasteiger partial charge in [-0.15, -0.1) is 0 Å². The van der Waals surface area contributed by atoms with Crippen LogP contribution in [0.2, 0.25) is 0 Å². The van der Waals surface area contributed by atoms with E-state index < -0.39 is 0 Å². The summed E-state index contributed by atoms with van der Waals surface area (Å²) < 4.78 is 5.40. The summed E-state index contributed by atoms with van der Waals surface area (Å²) >= 11 is 0. The summed E-state index contributed by atoms with van der Waals surface area (Å²) in [5.74, 6) is 0.778. The molecule has 0 saturated heterocycles. The van der Waals surface area contributed by atoms with E-state index in [-0.39, 0.29) is 18.1 Å². The van der Waals surface area contributed by atoms with E-state index in [1.165, 1.54) is 5.56 Å². The molecule has 2 N–H and O–H groups in total. The Hall–Kier alpha value is -2.49. The van der Waals surface area contributed by atoms with Crippen molar-refractivity contribution in [2.75, 3.05) is 7.11 Å². The Labute approximate surface area is 144 Å². The second-order valence-electron chi connectivity index (χ2n) is 6.16. The molecule has 0 bridgehead atoms. The van der Waals surface area contributed by atoms with Crippen molar-refractivity contribution in [2.45, 2.75) is 39.8 Å². The van der Waals surface area contributed by atoms with Gasteiger partial charge in [0.25, 0.3) is 0 Å². The third-order valence-corrected chi connectivity index (χ3v) is 4.20. The first kappa shape index (κ1) is 17.9. The van der Waals surface area contributed by atoms with Gasteiger partial charge in [-0.1, -0.05) is 42.0 Å². The molecule has 2 amide bonds. The third kappa shape index (κ3) is 4.28. The number of rotatable bonds is 5. The lowest BCUT2D eigenvalue weighted by atomic mass is 10.0. The van der Waals surface area contributed by atoms with Crippen molar-refractivity contribution in [2.24, 2.45) is 0 Å². The molecule has 0 heterocycles. The molecule has 128 valence electrons. The van der Waals surface area contributed by atoms with Gasteiger partial charge in [0.15, 0.2) is 0 Å². The van der Waals surface area contributed by atoms with E-state index in [1.807, 2.05) is 70.2 Å². The average molecular weight is 326 g/mol. The van der Waals surface area contributed by atoms with Crippen LogP contribution in [0.15, 0.2) is 42.5 Å². The molecule has 0 aliphatic heterocycles. The van der Waals surface area contributed by atoms with Crippen LogP contribution in [0.4, 0.5) is 4.79 Å². The molecule has 0 saturated carbocycles. The summed E-state index contributed by atoms with van der Waals surface area (Å²) in [6.07, 6.45) is 0. The van der Waals surface area contributed by atoms with Crippen molar-refractivity contribution in [3.05, 3.63) is 64.7 Å². The molecule has 0 aliphatic rings. The van der Waals surface area contributed by atoms with Crippen LogP contribution in [0.5, 0.6) is 5.75 Å². The van der Waals surface area contributed by atoms with Crippen LogP contribution in [0.3, 0.4) is 0 Å². The molecule has 0 aliphatic carbocycles. The van der Waals surface area contributed by atoms with Crippen LogP contribution in [-0.2, 0) is 0 Å². The summed E-state index contributed by atoms with van der Waals surface area (Å²) in [6.45, 7) is 8.01. The highest BCUT2D eigenvalue weighted by atomic mass is 16.5. The summed E-state index contributed by atoms with van der Waals surface area (Å²) in [5, 5.41) is 5.99. The summed E-state index contributed by atoms with van der Waals surface area (Å²) in [4.78, 5) is 12.3. The van der Waals surface area contributed by atoms with Crippen molar-refractivity contribution >= 4 is 6.03 Å². The Morgan fingerprint density at radius 2 is 1.58 bits per heavy atom. The van der Waals surface area contributed by atoms with E-state index >= 15 is 0 Å². The zero-order valence-corrected chi connectivity index (χ0v) is 15.0. The molecule has 4 heteroatoms. The van der Waals surface area contributed by atoms with Crippen molar-refractivity contribution < 1.29 is 9.53 Å². The van der Waals surface area contributed by atoms with Gasteiger partial charge in [-0.05, 0) is 44.9 Å². The summed E-state index contributed by atoms with van der Waals surface area (Å²) in [7, 11) is 1.64. The number of benzene rings is 2. The predicted molar refractivity (Wildman–Crippen MR) is 97.4 cm³/mol. The van der Waals surface area contributed by atoms with E-state index in [2.05, 4.69) is 10.6 Å². The van der Waals surface area contributed by atoms with Crippen LogP contribution in [0.25, 0.3) is 0 Å². The largest absolute Gasteiger partial charge is 0.496 e. The van der Waals surface area contributed by atoms with E-state index in [0.717, 1.165) is 22.4 Å². The molecular weight excluding hydrogens is 300 g/mol. The molecule has 24 heavy (non-hydrogen) atoms. The summed E-state index contributed by atoms with van der Waals surface area (Å²) in [5.41, 5.74) is 4.39. The van der Waals surface area contributed by atoms with Crippen molar-refractivity contribution in [1.29, 1.82) is 0 Å². The number of carbonyl (C=O) groups excluding carboxylic acids is 1. The molecule has 0 radical (unpaired) electrons. The smallest absolute Gasteiger partial charge is 0.315 e. The third-order valence-electron chi connectivity index (χ3n) is 4.20. The van der Waals surface area contributed by atoms with Gasteiger partial charge >= 0.3 is 6.03 Å². The maximum atomic E-state index is 12.3. The number of hydrogen-bond acceptors (Lipinski definition) is 2. The Morgan fingerprint density at radius 3 is 2.21 bits per heavy atom. The van der Waals surface area contributed by atoms with Gasteiger partial charge in [-0.3, -0.25) is 0 Å². The highest BCUT2D eigenvalue weighted by Crippen LogP contribution is 2.26. The molecule has 0 spiro atoms. The molecule has 2 aromatic carbocycles. The first-order chi connectivity index (χ1) is 11.4. The second kappa shape index (κ2) is 7.86. The van der Waals surface area contributed by atoms with Crippen LogP contribution in [0, 0.1) is 13.8 Å². The molecule has 2 aromatic rings. The normalized spacial score (nSPS) is 13.0. The van der Waals surface area contributed by atoms with Crippen LogP contribution in [-0.4, -0.2) is 13.1 Å². The van der Waals surface area contributed by atoms with Crippen LogP contribution >= 0.6 is 0 Å². The Morgan fingerprint density at radius 1 is 0.958 bits per heavy atom. The number of nitrogens with one attached hydrogen (secondary N) is 2. The first-order valence-electron chi connectivity index (χ1n) is 8.19. The number of ether oxygens (including phenoxy) is 1. The van der Waals surface area contributed by atoms with E-state index in [9.17, 15) is 4.79 Å². The quantitative estimate of drug-likeness (QED) is 0.854. The fraction of sp³-hybridized carbons (Fsp3) is 0.350. The molecule has 2 atom stereocenters. The number of hydrogen-bond donors (Lipinski definition) is 2. The average Bonchev–Trinajstić information content (AvgIpc) is 2.54. The minimum absolute atomic E-state index is 0.0576. The van der Waals surface area contributed by atoms with Crippen molar-refractivity contribution in [3.63, 3.8) is 0 Å². The Balaban J connectivity index is 2.04. The number of urea groups is 1. The SMILES string of the molecule is COc1ccc(C)cc1[C@@H](C)NC(=O)N[C@@H](C)c1ccccc1C. The molecule has 4 nitrogen and oxygen atoms in total. The lowest BCUT2D eigenvalue weighted by Gasteiger charge is -2.21. The molecule has 0 fully saturated rings. The van der Waals surface area contributed by atoms with Gasteiger partial charge in [0.1, 0.15) is 5.75 Å². The fourth-order valence-corrected chi connectivity index (χ4v) is 2.86. The lowest BCUT2D eigenvalue weighted by Crippen LogP contribution is -2.38. The van der Waals surface area contributed by atoms with Crippen LogP contribution < -0.4 is 15.4 Å². The maximum absolute atomic E-state index is 12.3. The van der Waals surface area contributed by atoms with Crippen molar-refractivity contribution in [1.82, 2.24) is 10.6 Å². The topological polar surface area (TPSA) is 50.4 Å². The zero-order chi connectivity index (χ0) is 17.7. The molecule has 0 aromatic heterocycles. The van der Waals surface area contributed by atoms with Gasteiger partial charge in [0, 0.05) is 5.56 Å². The molecule has 2 rings (SSSR count). The van der Waals surface area contributed by atoms with Gasteiger partial charge in [0.2, 0.25) is 0 Å². The highest BCUT2D eigenvalue weighted by molar-refractivity contribution is 5.75. The lowest BCUT2D eigenvalue weighted by molar-refractivity contribution is 0.234. The monoisotopic (exact) mass is 326 g/mol. The molecular formula is C20H26N2O2. The van der Waals surface area contributed by atoms with E-state index in [0.29, 0.717) is 0 Å². The minimum atomic E-state index is -0.193. The zero-order valence-electron chi connectivity index (χ0n) is 15.0. The van der Waals surface area contributed by atoms with Crippen LogP contribution in [0.1, 0.15) is 48.2 Å². The number of methoxy groups -OCH3 is 1.